The van der Waals surface area contributed by atoms with Crippen LogP contribution in [-0.2, 0) is 10.3 Å². The van der Waals surface area contributed by atoms with Crippen LogP contribution in [0.3, 0.4) is 0 Å². The number of aliphatic imine (C=N–C) groups is 1. The summed E-state index contributed by atoms with van der Waals surface area (Å²) >= 11 is 0. The minimum Gasteiger partial charge on any atom is -0.435 e. The van der Waals surface area contributed by atoms with Gasteiger partial charge in [-0.05, 0) is 42.5 Å². The highest BCUT2D eigenvalue weighted by Gasteiger charge is 2.36. The molecule has 0 aromatic heterocycles. The van der Waals surface area contributed by atoms with E-state index in [-0.39, 0.29) is 11.7 Å². The molecule has 1 aliphatic carbocycles. The van der Waals surface area contributed by atoms with E-state index < -0.39 is 12.2 Å². The van der Waals surface area contributed by atoms with E-state index in [4.69, 9.17) is 11.0 Å². The van der Waals surface area contributed by atoms with Gasteiger partial charge in [0.25, 0.3) is 0 Å². The van der Waals surface area contributed by atoms with Crippen LogP contribution in [0, 0.1) is 11.3 Å². The van der Waals surface area contributed by atoms with Crippen molar-refractivity contribution in [2.45, 2.75) is 37.8 Å². The van der Waals surface area contributed by atoms with Crippen molar-refractivity contribution < 1.29 is 18.3 Å². The smallest absolute Gasteiger partial charge is 0.387 e. The number of hydrogen-bond donors (Lipinski definition) is 1. The van der Waals surface area contributed by atoms with Crippen LogP contribution in [0.5, 0.6) is 5.75 Å². The number of guanidine groups is 1. The molecular weight excluding hydrogens is 402 g/mol. The highest BCUT2D eigenvalue weighted by Crippen LogP contribution is 2.36. The molecule has 2 N–H and O–H groups in total. The van der Waals surface area contributed by atoms with Crippen LogP contribution in [0.25, 0.3) is 0 Å². The maximum atomic E-state index is 12.5. The van der Waals surface area contributed by atoms with Gasteiger partial charge in [0.15, 0.2) is 17.8 Å². The lowest BCUT2D eigenvalue weighted by Gasteiger charge is -2.28. The minimum absolute atomic E-state index is 0.0186. The third kappa shape index (κ3) is 6.25. The van der Waals surface area contributed by atoms with Crippen LogP contribution in [0.1, 0.15) is 31.2 Å². The summed E-state index contributed by atoms with van der Waals surface area (Å²) in [5.41, 5.74) is 6.82. The summed E-state index contributed by atoms with van der Waals surface area (Å²) in [6.45, 7) is -2.94. The summed E-state index contributed by atoms with van der Waals surface area (Å²) in [7, 11) is 3.42. The maximum Gasteiger partial charge on any atom is 0.387 e. The molecule has 1 unspecified atom stereocenters. The molecule has 31 heavy (non-hydrogen) atoms. The molecule has 1 aromatic carbocycles. The van der Waals surface area contributed by atoms with Gasteiger partial charge in [-0.1, -0.05) is 42.0 Å². The highest BCUT2D eigenvalue weighted by molar-refractivity contribution is 5.85. The number of nitriles is 1. The first-order valence-electron chi connectivity index (χ1n) is 9.80. The van der Waals surface area contributed by atoms with Gasteiger partial charge < -0.3 is 15.4 Å². The summed E-state index contributed by atoms with van der Waals surface area (Å²) < 4.78 is 29.4. The minimum atomic E-state index is -2.94. The molecule has 0 fully saturated rings. The summed E-state index contributed by atoms with van der Waals surface area (Å²) in [5, 5.41) is 8.74. The number of nitrogens with two attached hydrogens (primary N) is 1. The maximum absolute atomic E-state index is 12.5. The van der Waals surface area contributed by atoms with Gasteiger partial charge in [0, 0.05) is 20.5 Å². The van der Waals surface area contributed by atoms with Crippen molar-refractivity contribution in [3.05, 3.63) is 65.3 Å². The second-order valence-corrected chi connectivity index (χ2v) is 7.21. The number of nitrogens with zero attached hydrogens (tertiary/aromatic N) is 3. The van der Waals surface area contributed by atoms with E-state index in [9.17, 15) is 13.6 Å². The van der Waals surface area contributed by atoms with Gasteiger partial charge >= 0.3 is 6.61 Å². The van der Waals surface area contributed by atoms with Crippen LogP contribution in [-0.4, -0.2) is 37.9 Å². The Morgan fingerprint density at radius 1 is 1.39 bits per heavy atom. The largest absolute Gasteiger partial charge is 0.435 e. The Labute approximate surface area is 181 Å². The van der Waals surface area contributed by atoms with Crippen LogP contribution in [0.15, 0.2) is 64.7 Å². The number of benzene rings is 1. The van der Waals surface area contributed by atoms with Gasteiger partial charge in [-0.15, -0.1) is 0 Å². The number of alkyl halides is 2. The highest BCUT2D eigenvalue weighted by atomic mass is 19.3. The molecule has 0 bridgehead atoms. The zero-order valence-corrected chi connectivity index (χ0v) is 17.6. The van der Waals surface area contributed by atoms with Gasteiger partial charge in [-0.25, -0.2) is 4.99 Å². The van der Waals surface area contributed by atoms with Crippen molar-refractivity contribution in [2.24, 2.45) is 10.7 Å². The molecule has 8 heteroatoms. The molecular formula is C23H26F2N4O2. The fraction of sp³-hybridized carbons (Fsp3) is 0.348. The summed E-state index contributed by atoms with van der Waals surface area (Å²) in [6, 6.07) is 7.93. The first-order valence-corrected chi connectivity index (χ1v) is 9.80. The fourth-order valence-electron chi connectivity index (χ4n) is 3.16. The van der Waals surface area contributed by atoms with Gasteiger partial charge in [-0.2, -0.15) is 14.0 Å². The summed E-state index contributed by atoms with van der Waals surface area (Å²) in [4.78, 5) is 18.6. The molecule has 164 valence electrons. The molecule has 0 saturated heterocycles. The lowest BCUT2D eigenvalue weighted by atomic mass is 9.83. The van der Waals surface area contributed by atoms with Crippen LogP contribution in [0.2, 0.25) is 0 Å². The van der Waals surface area contributed by atoms with E-state index in [1.54, 1.807) is 25.1 Å². The Balaban J connectivity index is 2.47. The Kier molecular flexibility index (Phi) is 8.50. The molecule has 1 aliphatic rings. The summed E-state index contributed by atoms with van der Waals surface area (Å²) in [5.74, 6) is 0.121. The molecule has 1 aromatic rings. The Hall–Kier alpha value is -3.47. The van der Waals surface area contributed by atoms with Crippen molar-refractivity contribution in [2.75, 3.05) is 14.1 Å². The number of rotatable bonds is 9. The van der Waals surface area contributed by atoms with Gasteiger partial charge in [0.05, 0.1) is 6.07 Å². The number of hydrogen-bond acceptors (Lipinski definition) is 4. The first-order chi connectivity index (χ1) is 14.8. The molecule has 0 heterocycles. The van der Waals surface area contributed by atoms with Crippen LogP contribution < -0.4 is 10.5 Å². The first kappa shape index (κ1) is 23.8. The van der Waals surface area contributed by atoms with Crippen molar-refractivity contribution in [3.63, 3.8) is 0 Å². The van der Waals surface area contributed by atoms with E-state index in [1.807, 2.05) is 18.2 Å². The molecule has 0 saturated carbocycles. The van der Waals surface area contributed by atoms with Gasteiger partial charge in [0.2, 0.25) is 0 Å². The second-order valence-electron chi connectivity index (χ2n) is 7.21. The van der Waals surface area contributed by atoms with E-state index in [0.29, 0.717) is 30.3 Å². The molecule has 1 atom stereocenters. The van der Waals surface area contributed by atoms with E-state index in [0.717, 1.165) is 18.4 Å². The molecule has 0 amide bonds. The van der Waals surface area contributed by atoms with Gasteiger partial charge in [-0.3, -0.25) is 4.79 Å². The molecule has 2 rings (SSSR count). The normalized spacial score (nSPS) is 15.9. The Bertz CT molecular complexity index is 928. The average molecular weight is 428 g/mol. The van der Waals surface area contributed by atoms with Gasteiger partial charge in [0.1, 0.15) is 5.75 Å². The number of carbonyl (C=O) groups excluding carboxylic acids is 1. The summed E-state index contributed by atoms with van der Waals surface area (Å²) in [6.07, 6.45) is 10.8. The monoisotopic (exact) mass is 428 g/mol. The fourth-order valence-corrected chi connectivity index (χ4v) is 3.16. The number of carbonyl (C=O) groups is 1. The lowest BCUT2D eigenvalue weighted by Crippen LogP contribution is -2.37. The molecule has 0 spiro atoms. The number of unbranched alkanes of at least 4 members (excludes halogenated alkanes) is 1. The number of allylic oxidation sites excluding steroid dienone is 4. The van der Waals surface area contributed by atoms with Crippen LogP contribution >= 0.6 is 0 Å². The van der Waals surface area contributed by atoms with E-state index >= 15 is 0 Å². The Morgan fingerprint density at radius 3 is 2.68 bits per heavy atom. The molecule has 6 nitrogen and oxygen atoms in total. The molecule has 0 radical (unpaired) electrons. The predicted molar refractivity (Wildman–Crippen MR) is 116 cm³/mol. The van der Waals surface area contributed by atoms with Crippen molar-refractivity contribution >= 4 is 12.2 Å². The lowest BCUT2D eigenvalue weighted by molar-refractivity contribution is -0.111. The quantitative estimate of drug-likeness (QED) is 0.277. The van der Waals surface area contributed by atoms with Crippen molar-refractivity contribution in [1.82, 2.24) is 4.90 Å². The van der Waals surface area contributed by atoms with Crippen LogP contribution in [0.4, 0.5) is 8.78 Å². The van der Waals surface area contributed by atoms with Crippen molar-refractivity contribution in [1.29, 1.82) is 5.26 Å². The SMILES string of the molecule is CN(C)C(N)=NC(C=O)(C1=CCC(CCCC#N)=CC=C1)c1ccc(OC(F)F)cc1. The third-order valence-electron chi connectivity index (χ3n) is 4.86. The van der Waals surface area contributed by atoms with E-state index in [1.165, 1.54) is 24.3 Å². The number of ether oxygens (including phenoxy) is 1. The average Bonchev–Trinajstić information content (AvgIpc) is 2.98. The number of aldehydes is 1. The zero-order valence-electron chi connectivity index (χ0n) is 17.6. The second kappa shape index (κ2) is 11.1. The predicted octanol–water partition coefficient (Wildman–Crippen LogP) is 4.07. The third-order valence-corrected chi connectivity index (χ3v) is 4.86. The molecule has 0 aliphatic heterocycles. The Morgan fingerprint density at radius 2 is 2.10 bits per heavy atom. The zero-order chi connectivity index (χ0) is 22.9. The van der Waals surface area contributed by atoms with E-state index in [2.05, 4.69) is 15.8 Å². The topological polar surface area (TPSA) is 91.7 Å². The number of halogens is 2. The standard InChI is InChI=1S/C23H26F2N4O2/c1-29(2)22(27)28-23(16-30,19-11-13-20(14-12-19)31-21(24)25)18-8-5-7-17(9-10-18)6-3-4-15-26/h5,7-8,10-14,16,21H,3-4,6,9H2,1-2H3,(H2,27,28). The van der Waals surface area contributed by atoms with Crippen molar-refractivity contribution in [3.8, 4) is 11.8 Å².